The van der Waals surface area contributed by atoms with Crippen LogP contribution >= 0.6 is 0 Å². The molecule has 0 bridgehead atoms. The molecule has 144 valence electrons. The van der Waals surface area contributed by atoms with Crippen molar-refractivity contribution in [2.45, 2.75) is 52.1 Å². The number of aryl methyl sites for hydroxylation is 1. The molecular weight excluding hydrogens is 324 g/mol. The van der Waals surface area contributed by atoms with Crippen LogP contribution in [0.5, 0.6) is 0 Å². The topological polar surface area (TPSA) is 50.4 Å². The number of hydrogen-bond acceptors (Lipinski definition) is 3. The van der Waals surface area contributed by atoms with Gasteiger partial charge in [0.25, 0.3) is 0 Å². The smallest absolute Gasteiger partial charge is 0.220 e. The summed E-state index contributed by atoms with van der Waals surface area (Å²) >= 11 is 0. The maximum Gasteiger partial charge on any atom is 0.220 e. The SMILES string of the molecule is Cc1ccc(C2OCCCC2CNC(=O)CC(C)C2CCCNC2)cc1. The molecule has 26 heavy (non-hydrogen) atoms. The molecule has 2 N–H and O–H groups in total. The summed E-state index contributed by atoms with van der Waals surface area (Å²) in [6.45, 7) is 8.03. The summed E-state index contributed by atoms with van der Waals surface area (Å²) in [6.07, 6.45) is 5.40. The van der Waals surface area contributed by atoms with Crippen molar-refractivity contribution in [3.63, 3.8) is 0 Å². The lowest BCUT2D eigenvalue weighted by molar-refractivity contribution is -0.123. The van der Waals surface area contributed by atoms with E-state index in [4.69, 9.17) is 4.74 Å². The molecule has 4 heteroatoms. The maximum atomic E-state index is 12.5. The molecule has 2 fully saturated rings. The van der Waals surface area contributed by atoms with Crippen LogP contribution in [0, 0.1) is 24.7 Å². The van der Waals surface area contributed by atoms with Crippen molar-refractivity contribution in [2.75, 3.05) is 26.2 Å². The highest BCUT2D eigenvalue weighted by atomic mass is 16.5. The predicted octanol–water partition coefficient (Wildman–Crippen LogP) is 3.60. The fourth-order valence-corrected chi connectivity index (χ4v) is 4.32. The fraction of sp³-hybridized carbons (Fsp3) is 0.682. The minimum atomic E-state index is 0.101. The van der Waals surface area contributed by atoms with Crippen molar-refractivity contribution in [1.82, 2.24) is 10.6 Å². The van der Waals surface area contributed by atoms with Crippen LogP contribution in [0.1, 0.15) is 56.3 Å². The molecule has 0 spiro atoms. The first-order valence-electron chi connectivity index (χ1n) is 10.3. The number of carbonyl (C=O) groups excluding carboxylic acids is 1. The maximum absolute atomic E-state index is 12.5. The number of piperidine rings is 1. The summed E-state index contributed by atoms with van der Waals surface area (Å²) in [5.74, 6) is 1.63. The molecule has 0 aromatic heterocycles. The van der Waals surface area contributed by atoms with Crippen LogP contribution in [-0.2, 0) is 9.53 Å². The van der Waals surface area contributed by atoms with E-state index in [1.54, 1.807) is 0 Å². The zero-order chi connectivity index (χ0) is 18.4. The molecular formula is C22H34N2O2. The lowest BCUT2D eigenvalue weighted by atomic mass is 9.85. The number of benzene rings is 1. The Kier molecular flexibility index (Phi) is 7.09. The van der Waals surface area contributed by atoms with Gasteiger partial charge in [-0.15, -0.1) is 0 Å². The van der Waals surface area contributed by atoms with E-state index in [0.717, 1.165) is 32.5 Å². The van der Waals surface area contributed by atoms with Crippen LogP contribution in [0.3, 0.4) is 0 Å². The Morgan fingerprint density at radius 3 is 2.81 bits per heavy atom. The Morgan fingerprint density at radius 1 is 1.27 bits per heavy atom. The molecule has 4 unspecified atom stereocenters. The molecule has 3 rings (SSSR count). The predicted molar refractivity (Wildman–Crippen MR) is 105 cm³/mol. The van der Waals surface area contributed by atoms with Crippen LogP contribution in [0.15, 0.2) is 24.3 Å². The van der Waals surface area contributed by atoms with Crippen LogP contribution < -0.4 is 10.6 Å². The number of rotatable bonds is 6. The third-order valence-electron chi connectivity index (χ3n) is 6.06. The average Bonchev–Trinajstić information content (AvgIpc) is 2.68. The molecule has 2 aliphatic rings. The van der Waals surface area contributed by atoms with Gasteiger partial charge < -0.3 is 15.4 Å². The molecule has 0 radical (unpaired) electrons. The fourth-order valence-electron chi connectivity index (χ4n) is 4.32. The number of ether oxygens (including phenoxy) is 1. The van der Waals surface area contributed by atoms with Gasteiger partial charge in [0, 0.05) is 25.5 Å². The van der Waals surface area contributed by atoms with Crippen LogP contribution in [0.25, 0.3) is 0 Å². The molecule has 4 nitrogen and oxygen atoms in total. The summed E-state index contributed by atoms with van der Waals surface area (Å²) in [7, 11) is 0. The van der Waals surface area contributed by atoms with E-state index < -0.39 is 0 Å². The minimum absolute atomic E-state index is 0.101. The third-order valence-corrected chi connectivity index (χ3v) is 6.06. The molecule has 2 heterocycles. The lowest BCUT2D eigenvalue weighted by Gasteiger charge is -2.33. The van der Waals surface area contributed by atoms with Crippen molar-refractivity contribution < 1.29 is 9.53 Å². The summed E-state index contributed by atoms with van der Waals surface area (Å²) < 4.78 is 6.07. The normalized spacial score (nSPS) is 27.7. The standard InChI is InChI=1S/C22H34N2O2/c1-16-7-9-18(10-8-16)22-20(6-4-12-26-22)15-24-21(25)13-17(2)19-5-3-11-23-14-19/h7-10,17,19-20,22-23H,3-6,11-15H2,1-2H3,(H,24,25). The molecule has 4 atom stereocenters. The molecule has 1 aromatic carbocycles. The second kappa shape index (κ2) is 9.52. The van der Waals surface area contributed by atoms with E-state index in [9.17, 15) is 4.79 Å². The highest BCUT2D eigenvalue weighted by molar-refractivity contribution is 5.76. The van der Waals surface area contributed by atoms with Gasteiger partial charge in [-0.05, 0) is 63.1 Å². The molecule has 1 aromatic rings. The Bertz CT molecular complexity index is 566. The first-order chi connectivity index (χ1) is 12.6. The second-order valence-corrected chi connectivity index (χ2v) is 8.20. The Balaban J connectivity index is 1.49. The summed E-state index contributed by atoms with van der Waals surface area (Å²) in [5, 5.41) is 6.65. The minimum Gasteiger partial charge on any atom is -0.373 e. The molecule has 0 aliphatic carbocycles. The van der Waals surface area contributed by atoms with E-state index in [0.29, 0.717) is 30.7 Å². The van der Waals surface area contributed by atoms with Gasteiger partial charge in [0.05, 0.1) is 6.10 Å². The van der Waals surface area contributed by atoms with Crippen molar-refractivity contribution in [1.29, 1.82) is 0 Å². The van der Waals surface area contributed by atoms with Gasteiger partial charge in [-0.3, -0.25) is 4.79 Å². The molecule has 2 saturated heterocycles. The van der Waals surface area contributed by atoms with E-state index >= 15 is 0 Å². The zero-order valence-electron chi connectivity index (χ0n) is 16.3. The largest absolute Gasteiger partial charge is 0.373 e. The summed E-state index contributed by atoms with van der Waals surface area (Å²) in [4.78, 5) is 12.5. The highest BCUT2D eigenvalue weighted by Crippen LogP contribution is 2.33. The van der Waals surface area contributed by atoms with Gasteiger partial charge >= 0.3 is 0 Å². The number of carbonyl (C=O) groups is 1. The zero-order valence-corrected chi connectivity index (χ0v) is 16.3. The molecule has 0 saturated carbocycles. The summed E-state index contributed by atoms with van der Waals surface area (Å²) in [6, 6.07) is 8.61. The lowest BCUT2D eigenvalue weighted by Crippen LogP contribution is -2.38. The summed E-state index contributed by atoms with van der Waals surface area (Å²) in [5.41, 5.74) is 2.50. The number of hydrogen-bond donors (Lipinski definition) is 2. The Morgan fingerprint density at radius 2 is 2.08 bits per heavy atom. The first kappa shape index (κ1) is 19.4. The van der Waals surface area contributed by atoms with Gasteiger partial charge in [0.1, 0.15) is 0 Å². The number of amides is 1. The van der Waals surface area contributed by atoms with E-state index in [1.807, 2.05) is 0 Å². The monoisotopic (exact) mass is 358 g/mol. The van der Waals surface area contributed by atoms with Crippen molar-refractivity contribution in [3.05, 3.63) is 35.4 Å². The van der Waals surface area contributed by atoms with Crippen molar-refractivity contribution in [2.24, 2.45) is 17.8 Å². The Labute approximate surface area is 158 Å². The van der Waals surface area contributed by atoms with E-state index in [1.165, 1.54) is 24.0 Å². The Hall–Kier alpha value is -1.39. The highest BCUT2D eigenvalue weighted by Gasteiger charge is 2.28. The van der Waals surface area contributed by atoms with Crippen molar-refractivity contribution in [3.8, 4) is 0 Å². The quantitative estimate of drug-likeness (QED) is 0.817. The first-order valence-corrected chi connectivity index (χ1v) is 10.3. The van der Waals surface area contributed by atoms with Crippen LogP contribution in [0.2, 0.25) is 0 Å². The van der Waals surface area contributed by atoms with E-state index in [2.05, 4.69) is 48.7 Å². The van der Waals surface area contributed by atoms with Crippen LogP contribution in [0.4, 0.5) is 0 Å². The second-order valence-electron chi connectivity index (χ2n) is 8.20. The molecule has 2 aliphatic heterocycles. The van der Waals surface area contributed by atoms with Crippen molar-refractivity contribution >= 4 is 5.91 Å². The van der Waals surface area contributed by atoms with Gasteiger partial charge in [-0.2, -0.15) is 0 Å². The molecule has 1 amide bonds. The average molecular weight is 359 g/mol. The van der Waals surface area contributed by atoms with Gasteiger partial charge in [0.15, 0.2) is 0 Å². The third kappa shape index (κ3) is 5.31. The van der Waals surface area contributed by atoms with Crippen LogP contribution in [-0.4, -0.2) is 32.1 Å². The number of nitrogens with one attached hydrogen (secondary N) is 2. The van der Waals surface area contributed by atoms with Gasteiger partial charge in [-0.1, -0.05) is 36.8 Å². The van der Waals surface area contributed by atoms with Gasteiger partial charge in [0.2, 0.25) is 5.91 Å². The van der Waals surface area contributed by atoms with Gasteiger partial charge in [-0.25, -0.2) is 0 Å². The van der Waals surface area contributed by atoms with E-state index in [-0.39, 0.29) is 12.0 Å².